The van der Waals surface area contributed by atoms with Crippen LogP contribution in [-0.2, 0) is 6.54 Å². The summed E-state index contributed by atoms with van der Waals surface area (Å²) >= 11 is 0. The number of methoxy groups -OCH3 is 1. The van der Waals surface area contributed by atoms with Gasteiger partial charge in [-0.05, 0) is 57.1 Å². The van der Waals surface area contributed by atoms with Gasteiger partial charge in [-0.15, -0.1) is 0 Å². The number of alkyl halides is 2. The molecule has 0 aromatic heterocycles. The van der Waals surface area contributed by atoms with E-state index in [2.05, 4.69) is 46.0 Å². The summed E-state index contributed by atoms with van der Waals surface area (Å²) in [4.78, 5) is 6.64. The van der Waals surface area contributed by atoms with E-state index in [1.54, 1.807) is 25.2 Å². The van der Waals surface area contributed by atoms with Crippen molar-refractivity contribution in [1.82, 2.24) is 15.5 Å². The first-order valence-corrected chi connectivity index (χ1v) is 9.74. The summed E-state index contributed by atoms with van der Waals surface area (Å²) in [6.07, 6.45) is 2.14. The van der Waals surface area contributed by atoms with E-state index in [4.69, 9.17) is 4.74 Å². The van der Waals surface area contributed by atoms with Crippen LogP contribution in [0.5, 0.6) is 11.5 Å². The molecule has 0 aliphatic carbocycles. The number of halogens is 2. The third-order valence-electron chi connectivity index (χ3n) is 4.52. The van der Waals surface area contributed by atoms with Gasteiger partial charge in [-0.25, -0.2) is 0 Å². The second kappa shape index (κ2) is 13.1. The first-order chi connectivity index (χ1) is 13.4. The van der Waals surface area contributed by atoms with Crippen molar-refractivity contribution in [3.8, 4) is 11.5 Å². The molecule has 0 spiro atoms. The third kappa shape index (κ3) is 8.73. The van der Waals surface area contributed by atoms with Crippen LogP contribution < -0.4 is 20.1 Å². The SMILES string of the molecule is CCN(CC)CCCC(C)NC(=NC)NCc1ccc(OC)c(OC(F)F)c1. The summed E-state index contributed by atoms with van der Waals surface area (Å²) in [5.41, 5.74) is 0.786. The molecule has 0 aliphatic heterocycles. The molecular formula is C20H34F2N4O2. The molecule has 1 rings (SSSR count). The molecule has 0 saturated carbocycles. The van der Waals surface area contributed by atoms with Crippen LogP contribution in [-0.4, -0.2) is 57.3 Å². The van der Waals surface area contributed by atoms with Crippen molar-refractivity contribution >= 4 is 5.96 Å². The maximum Gasteiger partial charge on any atom is 0.387 e. The van der Waals surface area contributed by atoms with Crippen LogP contribution in [0.2, 0.25) is 0 Å². The summed E-state index contributed by atoms with van der Waals surface area (Å²) in [7, 11) is 3.12. The molecule has 1 atom stereocenters. The largest absolute Gasteiger partial charge is 0.493 e. The van der Waals surface area contributed by atoms with Crippen molar-refractivity contribution in [2.45, 2.75) is 52.8 Å². The van der Waals surface area contributed by atoms with Crippen LogP contribution in [0.1, 0.15) is 39.2 Å². The lowest BCUT2D eigenvalue weighted by atomic mass is 10.1. The highest BCUT2D eigenvalue weighted by atomic mass is 19.3. The highest BCUT2D eigenvalue weighted by molar-refractivity contribution is 5.79. The zero-order valence-electron chi connectivity index (χ0n) is 17.6. The Bertz CT molecular complexity index is 596. The highest BCUT2D eigenvalue weighted by Gasteiger charge is 2.12. The van der Waals surface area contributed by atoms with Gasteiger partial charge in [-0.2, -0.15) is 8.78 Å². The Labute approximate surface area is 167 Å². The van der Waals surface area contributed by atoms with Crippen LogP contribution in [0.25, 0.3) is 0 Å². The summed E-state index contributed by atoms with van der Waals surface area (Å²) in [6.45, 7) is 7.23. The number of hydrogen-bond acceptors (Lipinski definition) is 4. The van der Waals surface area contributed by atoms with Gasteiger partial charge in [-0.1, -0.05) is 19.9 Å². The fourth-order valence-electron chi connectivity index (χ4n) is 2.87. The number of benzene rings is 1. The first kappa shape index (κ1) is 23.9. The zero-order chi connectivity index (χ0) is 20.9. The summed E-state index contributed by atoms with van der Waals surface area (Å²) in [6, 6.07) is 5.22. The second-order valence-corrected chi connectivity index (χ2v) is 6.50. The molecule has 160 valence electrons. The van der Waals surface area contributed by atoms with E-state index in [9.17, 15) is 8.78 Å². The number of ether oxygens (including phenoxy) is 2. The Hall–Kier alpha value is -2.09. The van der Waals surface area contributed by atoms with E-state index in [-0.39, 0.29) is 17.5 Å². The predicted octanol–water partition coefficient (Wildman–Crippen LogP) is 3.47. The molecule has 0 radical (unpaired) electrons. The Morgan fingerprint density at radius 3 is 2.50 bits per heavy atom. The topological polar surface area (TPSA) is 58.1 Å². The molecule has 0 amide bonds. The van der Waals surface area contributed by atoms with E-state index < -0.39 is 6.61 Å². The lowest BCUT2D eigenvalue weighted by molar-refractivity contribution is -0.0512. The van der Waals surface area contributed by atoms with Gasteiger partial charge in [0.15, 0.2) is 17.5 Å². The number of aliphatic imine (C=N–C) groups is 1. The molecule has 0 bridgehead atoms. The van der Waals surface area contributed by atoms with Crippen molar-refractivity contribution in [3.63, 3.8) is 0 Å². The smallest absolute Gasteiger partial charge is 0.387 e. The van der Waals surface area contributed by atoms with Crippen molar-refractivity contribution in [1.29, 1.82) is 0 Å². The molecular weight excluding hydrogens is 366 g/mol. The summed E-state index contributed by atoms with van der Waals surface area (Å²) < 4.78 is 34.7. The molecule has 1 aromatic rings. The standard InChI is InChI=1S/C20H34F2N4O2/c1-6-26(7-2)12-8-9-15(3)25-20(23-4)24-14-16-10-11-17(27-5)18(13-16)28-19(21)22/h10-11,13,15,19H,6-9,12,14H2,1-5H3,(H2,23,24,25). The van der Waals surface area contributed by atoms with Crippen molar-refractivity contribution in [2.24, 2.45) is 4.99 Å². The van der Waals surface area contributed by atoms with E-state index in [1.807, 2.05) is 0 Å². The monoisotopic (exact) mass is 400 g/mol. The van der Waals surface area contributed by atoms with Crippen molar-refractivity contribution < 1.29 is 18.3 Å². The molecule has 0 aliphatic rings. The van der Waals surface area contributed by atoms with Crippen LogP contribution >= 0.6 is 0 Å². The minimum absolute atomic E-state index is 0.0181. The minimum Gasteiger partial charge on any atom is -0.493 e. The fraction of sp³-hybridized carbons (Fsp3) is 0.650. The molecule has 2 N–H and O–H groups in total. The molecule has 6 nitrogen and oxygen atoms in total. The third-order valence-corrected chi connectivity index (χ3v) is 4.52. The van der Waals surface area contributed by atoms with Crippen LogP contribution in [0.4, 0.5) is 8.78 Å². The maximum absolute atomic E-state index is 12.6. The van der Waals surface area contributed by atoms with Gasteiger partial charge < -0.3 is 25.0 Å². The molecule has 8 heteroatoms. The van der Waals surface area contributed by atoms with E-state index in [1.165, 1.54) is 7.11 Å². The second-order valence-electron chi connectivity index (χ2n) is 6.50. The molecule has 1 unspecified atom stereocenters. The van der Waals surface area contributed by atoms with E-state index in [0.29, 0.717) is 12.5 Å². The minimum atomic E-state index is -2.90. The van der Waals surface area contributed by atoms with Gasteiger partial charge in [0, 0.05) is 19.6 Å². The lowest BCUT2D eigenvalue weighted by Gasteiger charge is -2.21. The first-order valence-electron chi connectivity index (χ1n) is 9.74. The fourth-order valence-corrected chi connectivity index (χ4v) is 2.87. The van der Waals surface area contributed by atoms with Crippen LogP contribution in [0.15, 0.2) is 23.2 Å². The van der Waals surface area contributed by atoms with Crippen LogP contribution in [0, 0.1) is 0 Å². The zero-order valence-corrected chi connectivity index (χ0v) is 17.6. The van der Waals surface area contributed by atoms with Gasteiger partial charge in [0.25, 0.3) is 0 Å². The van der Waals surface area contributed by atoms with E-state index >= 15 is 0 Å². The van der Waals surface area contributed by atoms with Gasteiger partial charge in [0.05, 0.1) is 7.11 Å². The molecule has 28 heavy (non-hydrogen) atoms. The molecule has 1 aromatic carbocycles. The Morgan fingerprint density at radius 2 is 1.93 bits per heavy atom. The van der Waals surface area contributed by atoms with Gasteiger partial charge in [0.1, 0.15) is 0 Å². The number of nitrogens with zero attached hydrogens (tertiary/aromatic N) is 2. The molecule has 0 fully saturated rings. The molecule has 0 saturated heterocycles. The lowest BCUT2D eigenvalue weighted by Crippen LogP contribution is -2.42. The average Bonchev–Trinajstić information content (AvgIpc) is 2.68. The Balaban J connectivity index is 2.53. The Kier molecular flexibility index (Phi) is 11.2. The van der Waals surface area contributed by atoms with Gasteiger partial charge in [-0.3, -0.25) is 4.99 Å². The predicted molar refractivity (Wildman–Crippen MR) is 109 cm³/mol. The summed E-state index contributed by atoms with van der Waals surface area (Å²) in [5, 5.41) is 6.56. The quantitative estimate of drug-likeness (QED) is 0.416. The average molecular weight is 401 g/mol. The van der Waals surface area contributed by atoms with E-state index in [0.717, 1.165) is 38.0 Å². The van der Waals surface area contributed by atoms with Gasteiger partial charge >= 0.3 is 6.61 Å². The number of rotatable bonds is 12. The van der Waals surface area contributed by atoms with Gasteiger partial charge in [0.2, 0.25) is 0 Å². The number of hydrogen-bond donors (Lipinski definition) is 2. The number of nitrogens with one attached hydrogen (secondary N) is 2. The van der Waals surface area contributed by atoms with Crippen LogP contribution in [0.3, 0.4) is 0 Å². The van der Waals surface area contributed by atoms with Crippen molar-refractivity contribution in [2.75, 3.05) is 33.8 Å². The molecule has 0 heterocycles. The summed E-state index contributed by atoms with van der Waals surface area (Å²) in [5.74, 6) is 0.959. The highest BCUT2D eigenvalue weighted by Crippen LogP contribution is 2.29. The maximum atomic E-state index is 12.6. The Morgan fingerprint density at radius 1 is 1.21 bits per heavy atom. The normalized spacial score (nSPS) is 13.0. The van der Waals surface area contributed by atoms with Crippen molar-refractivity contribution in [3.05, 3.63) is 23.8 Å². The number of guanidine groups is 1.